The molecule has 0 spiro atoms. The van der Waals surface area contributed by atoms with Gasteiger partial charge in [-0.1, -0.05) is 6.07 Å². The minimum Gasteiger partial charge on any atom is -0.383 e. The molecule has 1 aliphatic heterocycles. The van der Waals surface area contributed by atoms with Crippen LogP contribution in [0, 0.1) is 0 Å². The second-order valence-electron chi connectivity index (χ2n) is 6.32. The number of hydrogen-bond donors (Lipinski definition) is 2. The fourth-order valence-electron chi connectivity index (χ4n) is 3.24. The van der Waals surface area contributed by atoms with E-state index in [1.807, 2.05) is 29.9 Å². The number of aliphatic hydroxyl groups excluding tert-OH is 1. The van der Waals surface area contributed by atoms with Crippen LogP contribution < -0.4 is 5.73 Å². The highest BCUT2D eigenvalue weighted by atomic mass is 16.3. The first-order valence-electron chi connectivity index (χ1n) is 8.26. The molecule has 130 valence electrons. The van der Waals surface area contributed by atoms with Crippen molar-refractivity contribution in [2.45, 2.75) is 25.7 Å². The standard InChI is InChI=1S/C17H21N7O/c1-22-15(4-6-20-22)16(25)14-9-13-11-23(7-8-24(13)21-14)10-12-3-2-5-19-17(12)18/h2-6,9,16,25H,7-8,10-11H2,1H3,(H2,18,19)/t16-/m0/s1. The Kier molecular flexibility index (Phi) is 3.98. The van der Waals surface area contributed by atoms with Crippen LogP contribution in [-0.2, 0) is 26.7 Å². The average molecular weight is 339 g/mol. The zero-order valence-corrected chi connectivity index (χ0v) is 14.1. The van der Waals surface area contributed by atoms with E-state index >= 15 is 0 Å². The molecule has 0 aromatic carbocycles. The highest BCUT2D eigenvalue weighted by Gasteiger charge is 2.23. The maximum absolute atomic E-state index is 10.6. The van der Waals surface area contributed by atoms with E-state index in [9.17, 15) is 5.11 Å². The van der Waals surface area contributed by atoms with Crippen LogP contribution in [0.25, 0.3) is 0 Å². The lowest BCUT2D eigenvalue weighted by atomic mass is 10.1. The molecule has 3 aromatic rings. The van der Waals surface area contributed by atoms with Gasteiger partial charge in [-0.2, -0.15) is 10.2 Å². The number of hydrogen-bond acceptors (Lipinski definition) is 6. The number of anilines is 1. The first kappa shape index (κ1) is 15.8. The second-order valence-corrected chi connectivity index (χ2v) is 6.32. The predicted octanol–water partition coefficient (Wildman–Crippen LogP) is 0.691. The van der Waals surface area contributed by atoms with Crippen molar-refractivity contribution in [3.63, 3.8) is 0 Å². The molecule has 0 aliphatic carbocycles. The summed E-state index contributed by atoms with van der Waals surface area (Å²) in [6.45, 7) is 3.18. The fourth-order valence-corrected chi connectivity index (χ4v) is 3.24. The third-order valence-electron chi connectivity index (χ3n) is 4.64. The molecule has 0 fully saturated rings. The Morgan fingerprint density at radius 3 is 2.92 bits per heavy atom. The molecule has 1 atom stereocenters. The highest BCUT2D eigenvalue weighted by Crippen LogP contribution is 2.24. The van der Waals surface area contributed by atoms with Crippen LogP contribution in [0.5, 0.6) is 0 Å². The van der Waals surface area contributed by atoms with E-state index < -0.39 is 6.10 Å². The Hall–Kier alpha value is -2.71. The van der Waals surface area contributed by atoms with Gasteiger partial charge >= 0.3 is 0 Å². The van der Waals surface area contributed by atoms with E-state index in [0.29, 0.717) is 11.5 Å². The second kappa shape index (κ2) is 6.30. The summed E-state index contributed by atoms with van der Waals surface area (Å²) >= 11 is 0. The molecule has 4 rings (SSSR count). The van der Waals surface area contributed by atoms with Gasteiger partial charge in [0.15, 0.2) is 0 Å². The Bertz CT molecular complexity index is 885. The van der Waals surface area contributed by atoms with Gasteiger partial charge in [-0.3, -0.25) is 14.3 Å². The third-order valence-corrected chi connectivity index (χ3v) is 4.64. The Balaban J connectivity index is 1.51. The number of nitrogen functional groups attached to an aromatic ring is 1. The minimum absolute atomic E-state index is 0.578. The molecule has 0 saturated heterocycles. The van der Waals surface area contributed by atoms with Crippen molar-refractivity contribution in [1.82, 2.24) is 29.4 Å². The van der Waals surface area contributed by atoms with Crippen LogP contribution in [0.3, 0.4) is 0 Å². The van der Waals surface area contributed by atoms with Gasteiger partial charge in [0.2, 0.25) is 0 Å². The van der Waals surface area contributed by atoms with Crippen molar-refractivity contribution in [2.24, 2.45) is 7.05 Å². The molecule has 0 bridgehead atoms. The largest absolute Gasteiger partial charge is 0.383 e. The maximum atomic E-state index is 10.6. The Morgan fingerprint density at radius 1 is 1.28 bits per heavy atom. The summed E-state index contributed by atoms with van der Waals surface area (Å²) in [5.74, 6) is 0.578. The van der Waals surface area contributed by atoms with Gasteiger partial charge in [-0.15, -0.1) is 0 Å². The van der Waals surface area contributed by atoms with Gasteiger partial charge < -0.3 is 10.8 Å². The Morgan fingerprint density at radius 2 is 2.16 bits per heavy atom. The first-order valence-corrected chi connectivity index (χ1v) is 8.26. The van der Waals surface area contributed by atoms with Crippen LogP contribution in [-0.4, -0.2) is 41.1 Å². The SMILES string of the molecule is Cn1nccc1[C@@H](O)c1cc2n(n1)CCN(Cc1cccnc1N)C2. The van der Waals surface area contributed by atoms with E-state index in [0.717, 1.165) is 43.1 Å². The molecule has 0 saturated carbocycles. The van der Waals surface area contributed by atoms with Gasteiger partial charge in [0, 0.05) is 44.6 Å². The molecule has 3 N–H and O–H groups in total. The van der Waals surface area contributed by atoms with Gasteiger partial charge in [0.25, 0.3) is 0 Å². The smallest absolute Gasteiger partial charge is 0.139 e. The Labute approximate surface area is 145 Å². The highest BCUT2D eigenvalue weighted by molar-refractivity contribution is 5.38. The van der Waals surface area contributed by atoms with E-state index in [2.05, 4.69) is 20.1 Å². The summed E-state index contributed by atoms with van der Waals surface area (Å²) in [6.07, 6.45) is 2.61. The van der Waals surface area contributed by atoms with E-state index in [4.69, 9.17) is 5.73 Å². The number of aryl methyl sites for hydroxylation is 1. The molecule has 4 heterocycles. The van der Waals surface area contributed by atoms with Crippen LogP contribution in [0.4, 0.5) is 5.82 Å². The third kappa shape index (κ3) is 3.01. The summed E-state index contributed by atoms with van der Waals surface area (Å²) in [5.41, 5.74) is 9.45. The van der Waals surface area contributed by atoms with Crippen molar-refractivity contribution in [3.05, 3.63) is 59.3 Å². The number of nitrogens with zero attached hydrogens (tertiary/aromatic N) is 6. The van der Waals surface area contributed by atoms with Crippen molar-refractivity contribution < 1.29 is 5.11 Å². The molecule has 0 amide bonds. The zero-order chi connectivity index (χ0) is 17.4. The molecule has 0 unspecified atom stereocenters. The summed E-state index contributed by atoms with van der Waals surface area (Å²) in [5, 5.41) is 19.3. The number of nitrogens with two attached hydrogens (primary N) is 1. The van der Waals surface area contributed by atoms with Crippen molar-refractivity contribution in [3.8, 4) is 0 Å². The average Bonchev–Trinajstić information content (AvgIpc) is 3.22. The van der Waals surface area contributed by atoms with Gasteiger partial charge in [0.1, 0.15) is 11.9 Å². The van der Waals surface area contributed by atoms with Gasteiger partial charge in [0.05, 0.1) is 23.6 Å². The maximum Gasteiger partial charge on any atom is 0.139 e. The molecule has 8 heteroatoms. The topological polar surface area (TPSA) is 98.0 Å². The van der Waals surface area contributed by atoms with E-state index in [1.165, 1.54) is 0 Å². The summed E-state index contributed by atoms with van der Waals surface area (Å²) < 4.78 is 3.64. The van der Waals surface area contributed by atoms with Gasteiger partial charge in [-0.25, -0.2) is 4.98 Å². The lowest BCUT2D eigenvalue weighted by Crippen LogP contribution is -2.33. The van der Waals surface area contributed by atoms with Crippen molar-refractivity contribution in [2.75, 3.05) is 12.3 Å². The van der Waals surface area contributed by atoms with Crippen LogP contribution in [0.2, 0.25) is 0 Å². The van der Waals surface area contributed by atoms with Gasteiger partial charge in [-0.05, 0) is 18.2 Å². The lowest BCUT2D eigenvalue weighted by molar-refractivity contribution is 0.196. The molecule has 8 nitrogen and oxygen atoms in total. The first-order chi connectivity index (χ1) is 12.1. The number of aliphatic hydroxyl groups is 1. The number of rotatable bonds is 4. The monoisotopic (exact) mass is 339 g/mol. The molecular formula is C17H21N7O. The molecule has 25 heavy (non-hydrogen) atoms. The quantitative estimate of drug-likeness (QED) is 0.726. The number of pyridine rings is 1. The number of fused-ring (bicyclic) bond motifs is 1. The summed E-state index contributed by atoms with van der Waals surface area (Å²) in [6, 6.07) is 7.69. The van der Waals surface area contributed by atoms with Crippen molar-refractivity contribution >= 4 is 5.82 Å². The van der Waals surface area contributed by atoms with E-state index in [-0.39, 0.29) is 0 Å². The molecular weight excluding hydrogens is 318 g/mol. The zero-order valence-electron chi connectivity index (χ0n) is 14.1. The van der Waals surface area contributed by atoms with Crippen LogP contribution >= 0.6 is 0 Å². The summed E-state index contributed by atoms with van der Waals surface area (Å²) in [7, 11) is 1.81. The van der Waals surface area contributed by atoms with E-state index in [1.54, 1.807) is 23.1 Å². The minimum atomic E-state index is -0.770. The van der Waals surface area contributed by atoms with Crippen LogP contribution in [0.1, 0.15) is 28.7 Å². The lowest BCUT2D eigenvalue weighted by Gasteiger charge is -2.27. The summed E-state index contributed by atoms with van der Waals surface area (Å²) in [4.78, 5) is 6.46. The molecule has 0 radical (unpaired) electrons. The normalized spacial score (nSPS) is 15.9. The fraction of sp³-hybridized carbons (Fsp3) is 0.353. The molecule has 3 aromatic heterocycles. The predicted molar refractivity (Wildman–Crippen MR) is 92.3 cm³/mol. The van der Waals surface area contributed by atoms with Crippen molar-refractivity contribution in [1.29, 1.82) is 0 Å². The van der Waals surface area contributed by atoms with Crippen LogP contribution in [0.15, 0.2) is 36.7 Å². The number of aromatic nitrogens is 5. The molecule has 1 aliphatic rings.